The lowest BCUT2D eigenvalue weighted by atomic mass is 9.98. The van der Waals surface area contributed by atoms with Crippen LogP contribution in [0.2, 0.25) is 0 Å². The number of nitrogens with one attached hydrogen (secondary N) is 2. The van der Waals surface area contributed by atoms with Crippen LogP contribution in [-0.2, 0) is 0 Å². The highest BCUT2D eigenvalue weighted by Crippen LogP contribution is 2.35. The third-order valence-electron chi connectivity index (χ3n) is 5.43. The molecule has 0 bridgehead atoms. The molecule has 4 aromatic heterocycles. The molecule has 0 spiro atoms. The lowest BCUT2D eigenvalue weighted by molar-refractivity contribution is 1.11. The van der Waals surface area contributed by atoms with E-state index < -0.39 is 0 Å². The van der Waals surface area contributed by atoms with Crippen LogP contribution in [0.25, 0.3) is 39.1 Å². The fourth-order valence-electron chi connectivity index (χ4n) is 3.96. The minimum absolute atomic E-state index is 0.605. The molecule has 4 heterocycles. The standard InChI is InChI=1S/C25H22N6/c1-3-6-19(16-7-4-5-8-16)20-10-23(29-15(20)2)25-21-11-22(28-14-24(21)30-31-25)17-9-18(26)13-27-12-17/h3-4,6-14,29H,1,5,26H2,2H3,(H,30,31)/b19-6-. The average molecular weight is 406 g/mol. The molecule has 4 N–H and O–H groups in total. The summed E-state index contributed by atoms with van der Waals surface area (Å²) in [6.45, 7) is 5.97. The van der Waals surface area contributed by atoms with E-state index in [1.165, 1.54) is 5.57 Å². The van der Waals surface area contributed by atoms with Gasteiger partial charge >= 0.3 is 0 Å². The molecule has 4 aromatic rings. The second kappa shape index (κ2) is 7.57. The normalized spacial score (nSPS) is 13.7. The second-order valence-corrected chi connectivity index (χ2v) is 7.53. The van der Waals surface area contributed by atoms with Gasteiger partial charge in [-0.25, -0.2) is 0 Å². The zero-order valence-corrected chi connectivity index (χ0v) is 17.2. The molecule has 0 aromatic carbocycles. The van der Waals surface area contributed by atoms with Gasteiger partial charge in [-0.3, -0.25) is 15.1 Å². The lowest BCUT2D eigenvalue weighted by Crippen LogP contribution is -1.89. The molecule has 6 nitrogen and oxygen atoms in total. The summed E-state index contributed by atoms with van der Waals surface area (Å²) in [5.74, 6) is 0. The summed E-state index contributed by atoms with van der Waals surface area (Å²) in [6.07, 6.45) is 16.6. The Morgan fingerprint density at radius 3 is 2.87 bits per heavy atom. The van der Waals surface area contributed by atoms with E-state index in [4.69, 9.17) is 5.73 Å². The largest absolute Gasteiger partial charge is 0.397 e. The molecule has 0 saturated carbocycles. The number of anilines is 1. The SMILES string of the molecule is C=C/C=C(/C1=CCC=C1)c1cc(-c2n[nH]c3cnc(-c4cncc(N)c4)cc23)[nH]c1C. The van der Waals surface area contributed by atoms with Crippen molar-refractivity contribution in [3.8, 4) is 22.6 Å². The summed E-state index contributed by atoms with van der Waals surface area (Å²) in [6, 6.07) is 6.03. The van der Waals surface area contributed by atoms with Crippen LogP contribution in [0.5, 0.6) is 0 Å². The number of hydrogen-bond acceptors (Lipinski definition) is 4. The third-order valence-corrected chi connectivity index (χ3v) is 5.43. The predicted molar refractivity (Wildman–Crippen MR) is 126 cm³/mol. The Hall–Kier alpha value is -4.19. The van der Waals surface area contributed by atoms with Crippen molar-refractivity contribution >= 4 is 22.2 Å². The van der Waals surface area contributed by atoms with E-state index >= 15 is 0 Å². The van der Waals surface area contributed by atoms with Gasteiger partial charge < -0.3 is 10.7 Å². The van der Waals surface area contributed by atoms with Crippen molar-refractivity contribution in [3.63, 3.8) is 0 Å². The maximum Gasteiger partial charge on any atom is 0.116 e. The Morgan fingerprint density at radius 1 is 1.19 bits per heavy atom. The van der Waals surface area contributed by atoms with Crippen LogP contribution in [0.4, 0.5) is 5.69 Å². The van der Waals surface area contributed by atoms with Gasteiger partial charge in [-0.15, -0.1) is 0 Å². The number of nitrogens with two attached hydrogens (primary N) is 1. The van der Waals surface area contributed by atoms with E-state index in [1.54, 1.807) is 18.6 Å². The van der Waals surface area contributed by atoms with Crippen molar-refractivity contribution in [1.29, 1.82) is 0 Å². The maximum atomic E-state index is 5.90. The van der Waals surface area contributed by atoms with E-state index in [-0.39, 0.29) is 0 Å². The lowest BCUT2D eigenvalue weighted by Gasteiger charge is -2.06. The fraction of sp³-hybridized carbons (Fsp3) is 0.0800. The first-order valence-corrected chi connectivity index (χ1v) is 10.1. The van der Waals surface area contributed by atoms with Crippen LogP contribution in [0.3, 0.4) is 0 Å². The highest BCUT2D eigenvalue weighted by atomic mass is 15.1. The first-order valence-electron chi connectivity index (χ1n) is 10.1. The highest BCUT2D eigenvalue weighted by Gasteiger charge is 2.17. The number of aryl methyl sites for hydroxylation is 1. The number of hydrogen-bond donors (Lipinski definition) is 3. The molecule has 0 radical (unpaired) electrons. The number of nitrogen functional groups attached to an aromatic ring is 1. The molecule has 0 amide bonds. The van der Waals surface area contributed by atoms with Gasteiger partial charge in [-0.1, -0.05) is 37.0 Å². The van der Waals surface area contributed by atoms with E-state index in [9.17, 15) is 0 Å². The van der Waals surface area contributed by atoms with Gasteiger partial charge in [0.1, 0.15) is 5.69 Å². The Morgan fingerprint density at radius 2 is 2.10 bits per heavy atom. The monoisotopic (exact) mass is 406 g/mol. The van der Waals surface area contributed by atoms with Crippen LogP contribution in [-0.4, -0.2) is 25.1 Å². The van der Waals surface area contributed by atoms with Gasteiger partial charge in [0.15, 0.2) is 0 Å². The molecule has 1 aliphatic rings. The molecular weight excluding hydrogens is 384 g/mol. The Balaban J connectivity index is 1.61. The first kappa shape index (κ1) is 18.8. The summed E-state index contributed by atoms with van der Waals surface area (Å²) in [5.41, 5.74) is 15.4. The minimum atomic E-state index is 0.605. The van der Waals surface area contributed by atoms with Gasteiger partial charge in [-0.2, -0.15) is 5.10 Å². The number of fused-ring (bicyclic) bond motifs is 1. The van der Waals surface area contributed by atoms with Gasteiger partial charge in [0.2, 0.25) is 0 Å². The smallest absolute Gasteiger partial charge is 0.116 e. The van der Waals surface area contributed by atoms with Crippen LogP contribution < -0.4 is 5.73 Å². The van der Waals surface area contributed by atoms with Gasteiger partial charge in [0, 0.05) is 34.6 Å². The van der Waals surface area contributed by atoms with Crippen LogP contribution in [0.15, 0.2) is 79.3 Å². The van der Waals surface area contributed by atoms with E-state index in [0.29, 0.717) is 5.69 Å². The average Bonchev–Trinajstić information content (AvgIpc) is 3.51. The highest BCUT2D eigenvalue weighted by molar-refractivity contribution is 5.95. The fourth-order valence-corrected chi connectivity index (χ4v) is 3.96. The molecule has 0 fully saturated rings. The number of nitrogens with zero attached hydrogens (tertiary/aromatic N) is 3. The minimum Gasteiger partial charge on any atom is -0.397 e. The topological polar surface area (TPSA) is 96.3 Å². The van der Waals surface area contributed by atoms with Crippen molar-refractivity contribution in [3.05, 3.63) is 90.6 Å². The number of allylic oxidation sites excluding steroid dienone is 7. The summed E-state index contributed by atoms with van der Waals surface area (Å²) >= 11 is 0. The molecule has 152 valence electrons. The van der Waals surface area contributed by atoms with E-state index in [0.717, 1.165) is 56.8 Å². The molecule has 1 aliphatic carbocycles. The summed E-state index contributed by atoms with van der Waals surface area (Å²) < 4.78 is 0. The van der Waals surface area contributed by atoms with Crippen molar-refractivity contribution in [2.45, 2.75) is 13.3 Å². The Kier molecular flexibility index (Phi) is 4.59. The van der Waals surface area contributed by atoms with Gasteiger partial charge in [-0.05, 0) is 42.7 Å². The van der Waals surface area contributed by atoms with Crippen molar-refractivity contribution in [1.82, 2.24) is 25.1 Å². The van der Waals surface area contributed by atoms with Crippen molar-refractivity contribution in [2.75, 3.05) is 5.73 Å². The zero-order valence-electron chi connectivity index (χ0n) is 17.2. The summed E-state index contributed by atoms with van der Waals surface area (Å²) in [5, 5.41) is 8.64. The van der Waals surface area contributed by atoms with Crippen molar-refractivity contribution < 1.29 is 0 Å². The van der Waals surface area contributed by atoms with Gasteiger partial charge in [0.25, 0.3) is 0 Å². The predicted octanol–water partition coefficient (Wildman–Crippen LogP) is 5.36. The van der Waals surface area contributed by atoms with Gasteiger partial charge in [0.05, 0.1) is 28.8 Å². The third kappa shape index (κ3) is 3.38. The molecule has 6 heteroatoms. The number of H-pyrrole nitrogens is 2. The first-order chi connectivity index (χ1) is 15.1. The van der Waals surface area contributed by atoms with Crippen molar-refractivity contribution in [2.24, 2.45) is 0 Å². The summed E-state index contributed by atoms with van der Waals surface area (Å²) in [7, 11) is 0. The van der Waals surface area contributed by atoms with E-state index in [1.807, 2.05) is 18.2 Å². The maximum absolute atomic E-state index is 5.90. The number of aromatic amines is 2. The molecule has 0 saturated heterocycles. The van der Waals surface area contributed by atoms with Crippen LogP contribution >= 0.6 is 0 Å². The van der Waals surface area contributed by atoms with Crippen LogP contribution in [0.1, 0.15) is 17.7 Å². The Labute approximate surface area is 179 Å². The van der Waals surface area contributed by atoms with E-state index in [2.05, 4.69) is 69.0 Å². The molecule has 0 unspecified atom stereocenters. The molecule has 0 atom stereocenters. The number of pyridine rings is 2. The molecule has 31 heavy (non-hydrogen) atoms. The molecule has 0 aliphatic heterocycles. The number of rotatable bonds is 5. The molecular formula is C25H22N6. The Bertz CT molecular complexity index is 1400. The summed E-state index contributed by atoms with van der Waals surface area (Å²) in [4.78, 5) is 12.2. The quantitative estimate of drug-likeness (QED) is 0.389. The zero-order chi connectivity index (χ0) is 21.4. The second-order valence-electron chi connectivity index (χ2n) is 7.53. The van der Waals surface area contributed by atoms with Crippen LogP contribution in [0, 0.1) is 6.92 Å². The number of aromatic nitrogens is 5. The molecule has 5 rings (SSSR count).